The van der Waals surface area contributed by atoms with Crippen LogP contribution in [0.5, 0.6) is 0 Å². The van der Waals surface area contributed by atoms with Crippen molar-refractivity contribution in [3.8, 4) is 0 Å². The van der Waals surface area contributed by atoms with E-state index in [0.717, 1.165) is 6.42 Å². The van der Waals surface area contributed by atoms with Crippen LogP contribution in [-0.2, 0) is 14.3 Å². The van der Waals surface area contributed by atoms with Gasteiger partial charge in [-0.05, 0) is 43.6 Å². The van der Waals surface area contributed by atoms with Gasteiger partial charge >= 0.3 is 0 Å². The van der Waals surface area contributed by atoms with Crippen molar-refractivity contribution in [2.75, 3.05) is 13.7 Å². The Bertz CT molecular complexity index is 615. The van der Waals surface area contributed by atoms with Crippen LogP contribution in [0.1, 0.15) is 44.2 Å². The first kappa shape index (κ1) is 19.4. The molecule has 25 heavy (non-hydrogen) atoms. The van der Waals surface area contributed by atoms with Crippen molar-refractivity contribution in [2.45, 2.75) is 52.1 Å². The van der Waals surface area contributed by atoms with Crippen LogP contribution < -0.4 is 10.6 Å². The van der Waals surface area contributed by atoms with Crippen molar-refractivity contribution in [2.24, 2.45) is 11.8 Å². The maximum atomic E-state index is 12.6. The number of amides is 2. The van der Waals surface area contributed by atoms with Gasteiger partial charge in [-0.15, -0.1) is 0 Å². The molecule has 0 aliphatic heterocycles. The number of nitrogens with one attached hydrogen (secondary N) is 2. The highest BCUT2D eigenvalue weighted by Gasteiger charge is 2.43. The van der Waals surface area contributed by atoms with Crippen LogP contribution in [0.25, 0.3) is 0 Å². The highest BCUT2D eigenvalue weighted by atomic mass is 16.5. The molecule has 1 fully saturated rings. The zero-order valence-electron chi connectivity index (χ0n) is 15.8. The summed E-state index contributed by atoms with van der Waals surface area (Å²) in [5.74, 6) is 0.582. The average molecular weight is 346 g/mol. The van der Waals surface area contributed by atoms with Crippen molar-refractivity contribution in [1.82, 2.24) is 10.6 Å². The Morgan fingerprint density at radius 3 is 2.56 bits per heavy atom. The van der Waals surface area contributed by atoms with Gasteiger partial charge in [0, 0.05) is 13.2 Å². The molecule has 0 saturated heterocycles. The summed E-state index contributed by atoms with van der Waals surface area (Å²) >= 11 is 0. The van der Waals surface area contributed by atoms with Crippen LogP contribution in [0.3, 0.4) is 0 Å². The second-order valence-corrected chi connectivity index (χ2v) is 7.44. The Morgan fingerprint density at radius 2 is 1.96 bits per heavy atom. The van der Waals surface area contributed by atoms with Crippen LogP contribution in [0.15, 0.2) is 24.3 Å². The summed E-state index contributed by atoms with van der Waals surface area (Å²) < 4.78 is 4.82. The van der Waals surface area contributed by atoms with E-state index in [2.05, 4.69) is 41.8 Å². The van der Waals surface area contributed by atoms with Gasteiger partial charge in [0.25, 0.3) is 0 Å². The van der Waals surface area contributed by atoms with Crippen LogP contribution >= 0.6 is 0 Å². The van der Waals surface area contributed by atoms with Gasteiger partial charge in [-0.3, -0.25) is 9.59 Å². The van der Waals surface area contributed by atoms with Gasteiger partial charge < -0.3 is 15.4 Å². The third-order valence-electron chi connectivity index (χ3n) is 4.86. The monoisotopic (exact) mass is 346 g/mol. The normalized spacial score (nSPS) is 21.5. The fraction of sp³-hybridized carbons (Fsp3) is 0.600. The SMILES string of the molecule is COCC(=O)N[C@H](C(=O)N[C@H](C)[C@@H]1C[C@@H]1c1cccc(C)c1)C(C)C. The van der Waals surface area contributed by atoms with Crippen LogP contribution in [-0.4, -0.2) is 37.6 Å². The third-order valence-corrected chi connectivity index (χ3v) is 4.86. The Hall–Kier alpha value is -1.88. The molecule has 2 amide bonds. The Kier molecular flexibility index (Phi) is 6.59. The summed E-state index contributed by atoms with van der Waals surface area (Å²) in [5.41, 5.74) is 2.61. The van der Waals surface area contributed by atoms with E-state index in [9.17, 15) is 9.59 Å². The van der Waals surface area contributed by atoms with Crippen LogP contribution in [0, 0.1) is 18.8 Å². The van der Waals surface area contributed by atoms with Gasteiger partial charge in [0.05, 0.1) is 0 Å². The fourth-order valence-electron chi connectivity index (χ4n) is 3.35. The molecule has 1 aliphatic rings. The summed E-state index contributed by atoms with van der Waals surface area (Å²) in [6.07, 6.45) is 1.09. The van der Waals surface area contributed by atoms with Gasteiger partial charge in [-0.2, -0.15) is 0 Å². The van der Waals surface area contributed by atoms with Crippen molar-refractivity contribution in [3.05, 3.63) is 35.4 Å². The van der Waals surface area contributed by atoms with Crippen molar-refractivity contribution < 1.29 is 14.3 Å². The lowest BCUT2D eigenvalue weighted by Crippen LogP contribution is -2.52. The summed E-state index contributed by atoms with van der Waals surface area (Å²) in [5, 5.41) is 5.85. The minimum atomic E-state index is -0.540. The molecule has 5 heteroatoms. The fourth-order valence-corrected chi connectivity index (χ4v) is 3.35. The summed E-state index contributed by atoms with van der Waals surface area (Å²) in [4.78, 5) is 24.3. The maximum Gasteiger partial charge on any atom is 0.246 e. The second-order valence-electron chi connectivity index (χ2n) is 7.44. The topological polar surface area (TPSA) is 67.4 Å². The number of hydrogen-bond acceptors (Lipinski definition) is 3. The maximum absolute atomic E-state index is 12.6. The Morgan fingerprint density at radius 1 is 1.24 bits per heavy atom. The molecule has 1 saturated carbocycles. The number of methoxy groups -OCH3 is 1. The Balaban J connectivity index is 1.91. The largest absolute Gasteiger partial charge is 0.375 e. The smallest absolute Gasteiger partial charge is 0.246 e. The van der Waals surface area contributed by atoms with E-state index in [4.69, 9.17) is 4.74 Å². The minimum absolute atomic E-state index is 0.0137. The predicted octanol–water partition coefficient (Wildman–Crippen LogP) is 2.39. The van der Waals surface area contributed by atoms with E-state index < -0.39 is 6.04 Å². The lowest BCUT2D eigenvalue weighted by atomic mass is 10.0. The van der Waals surface area contributed by atoms with E-state index in [1.807, 2.05) is 20.8 Å². The number of hydrogen-bond donors (Lipinski definition) is 2. The minimum Gasteiger partial charge on any atom is -0.375 e. The molecule has 0 unspecified atom stereocenters. The molecule has 0 aromatic heterocycles. The zero-order valence-corrected chi connectivity index (χ0v) is 15.8. The predicted molar refractivity (Wildman–Crippen MR) is 98.3 cm³/mol. The Labute approximate surface area is 150 Å². The summed E-state index contributed by atoms with van der Waals surface area (Å²) in [7, 11) is 1.46. The van der Waals surface area contributed by atoms with E-state index in [-0.39, 0.29) is 30.4 Å². The van der Waals surface area contributed by atoms with Crippen molar-refractivity contribution in [1.29, 1.82) is 0 Å². The van der Waals surface area contributed by atoms with E-state index in [0.29, 0.717) is 11.8 Å². The lowest BCUT2D eigenvalue weighted by Gasteiger charge is -2.24. The number of rotatable bonds is 8. The molecule has 2 rings (SSSR count). The number of carbonyl (C=O) groups is 2. The molecule has 0 spiro atoms. The molecular weight excluding hydrogens is 316 g/mol. The van der Waals surface area contributed by atoms with Crippen molar-refractivity contribution >= 4 is 11.8 Å². The highest BCUT2D eigenvalue weighted by molar-refractivity contribution is 5.88. The van der Waals surface area contributed by atoms with Gasteiger partial charge in [0.15, 0.2) is 0 Å². The first-order valence-corrected chi connectivity index (χ1v) is 8.98. The van der Waals surface area contributed by atoms with Crippen molar-refractivity contribution in [3.63, 3.8) is 0 Å². The van der Waals surface area contributed by atoms with Gasteiger partial charge in [0.1, 0.15) is 12.6 Å². The molecule has 0 bridgehead atoms. The third kappa shape index (κ3) is 5.30. The van der Waals surface area contributed by atoms with Gasteiger partial charge in [-0.25, -0.2) is 0 Å². The molecule has 1 aliphatic carbocycles. The van der Waals surface area contributed by atoms with Gasteiger partial charge in [0.2, 0.25) is 11.8 Å². The van der Waals surface area contributed by atoms with Gasteiger partial charge in [-0.1, -0.05) is 43.7 Å². The standard InChI is InChI=1S/C20H30N2O3/c1-12(2)19(22-18(23)11-25-5)20(24)21-14(4)16-10-17(16)15-8-6-7-13(3)9-15/h6-9,12,14,16-17,19H,10-11H2,1-5H3,(H,21,24)(H,22,23)/t14-,16+,17-,19+/m1/s1. The molecular formula is C20H30N2O3. The number of aryl methyl sites for hydroxylation is 1. The van der Waals surface area contributed by atoms with Crippen LogP contribution in [0.4, 0.5) is 0 Å². The number of carbonyl (C=O) groups excluding carboxylic acids is 2. The molecule has 2 N–H and O–H groups in total. The number of benzene rings is 1. The first-order chi connectivity index (χ1) is 11.8. The lowest BCUT2D eigenvalue weighted by molar-refractivity contribution is -0.132. The van der Waals surface area contributed by atoms with E-state index >= 15 is 0 Å². The zero-order chi connectivity index (χ0) is 18.6. The molecule has 4 atom stereocenters. The van der Waals surface area contributed by atoms with Crippen LogP contribution in [0.2, 0.25) is 0 Å². The molecule has 1 aromatic rings. The summed E-state index contributed by atoms with van der Waals surface area (Å²) in [6.45, 7) is 7.96. The van der Waals surface area contributed by atoms with E-state index in [1.54, 1.807) is 0 Å². The molecule has 1 aromatic carbocycles. The van der Waals surface area contributed by atoms with E-state index in [1.165, 1.54) is 18.2 Å². The molecule has 5 nitrogen and oxygen atoms in total. The molecule has 138 valence electrons. The molecule has 0 radical (unpaired) electrons. The summed E-state index contributed by atoms with van der Waals surface area (Å²) in [6, 6.07) is 8.11. The first-order valence-electron chi connectivity index (χ1n) is 8.98. The molecule has 0 heterocycles. The highest BCUT2D eigenvalue weighted by Crippen LogP contribution is 2.49. The quantitative estimate of drug-likeness (QED) is 0.759. The average Bonchev–Trinajstić information content (AvgIpc) is 3.33. The number of ether oxygens (including phenoxy) is 1. The second kappa shape index (κ2) is 8.48.